The molecule has 1 rings (SSSR count). The summed E-state index contributed by atoms with van der Waals surface area (Å²) in [6, 6.07) is 0. The van der Waals surface area contributed by atoms with E-state index in [9.17, 15) is 13.2 Å². The maximum atomic E-state index is 11.5. The molecule has 1 aliphatic rings. The lowest BCUT2D eigenvalue weighted by atomic mass is 10.4. The molecule has 0 saturated carbocycles. The number of hydrogen-bond donors (Lipinski definition) is 1. The molecule has 0 aromatic rings. The smallest absolute Gasteiger partial charge is 0.328 e. The Morgan fingerprint density at radius 1 is 1.62 bits per heavy atom. The lowest BCUT2D eigenvalue weighted by molar-refractivity contribution is -0.131. The molecular formula is C9H15NO4S2. The molecule has 1 atom stereocenters. The second-order valence-electron chi connectivity index (χ2n) is 3.59. The van der Waals surface area contributed by atoms with Crippen LogP contribution in [-0.4, -0.2) is 60.6 Å². The molecule has 1 N–H and O–H groups in total. The maximum absolute atomic E-state index is 11.5. The molecule has 0 aliphatic carbocycles. The van der Waals surface area contributed by atoms with Crippen LogP contribution in [0.4, 0.5) is 0 Å². The normalized spacial score (nSPS) is 23.7. The summed E-state index contributed by atoms with van der Waals surface area (Å²) in [7, 11) is -3.10. The molecule has 16 heavy (non-hydrogen) atoms. The third kappa shape index (κ3) is 4.15. The predicted octanol–water partition coefficient (Wildman–Crippen LogP) is 0.0467. The molecule has 5 nitrogen and oxygen atoms in total. The minimum atomic E-state index is -3.10. The van der Waals surface area contributed by atoms with Gasteiger partial charge in [0, 0.05) is 36.9 Å². The van der Waals surface area contributed by atoms with Gasteiger partial charge < -0.3 is 5.11 Å². The van der Waals surface area contributed by atoms with E-state index in [1.165, 1.54) is 12.3 Å². The summed E-state index contributed by atoms with van der Waals surface area (Å²) in [5, 5.41) is 7.95. The van der Waals surface area contributed by atoms with Gasteiger partial charge in [0.1, 0.15) is 5.37 Å². The summed E-state index contributed by atoms with van der Waals surface area (Å²) < 4.78 is 23.0. The summed E-state index contributed by atoms with van der Waals surface area (Å²) in [4.78, 5) is 12.1. The number of hydrogen-bond acceptors (Lipinski definition) is 5. The lowest BCUT2D eigenvalue weighted by Crippen LogP contribution is -2.46. The van der Waals surface area contributed by atoms with Gasteiger partial charge >= 0.3 is 5.97 Å². The van der Waals surface area contributed by atoms with Gasteiger partial charge in [-0.25, -0.2) is 13.2 Å². The average Bonchev–Trinajstić information content (AvgIpc) is 2.16. The largest absolute Gasteiger partial charge is 0.478 e. The topological polar surface area (TPSA) is 74.7 Å². The minimum absolute atomic E-state index is 0.366. The number of thioether (sulfide) groups is 1. The van der Waals surface area contributed by atoms with Crippen molar-refractivity contribution in [2.24, 2.45) is 0 Å². The van der Waals surface area contributed by atoms with E-state index in [0.717, 1.165) is 11.8 Å². The number of carboxylic acids is 1. The first-order chi connectivity index (χ1) is 7.41. The lowest BCUT2D eigenvalue weighted by Gasteiger charge is -2.32. The van der Waals surface area contributed by atoms with E-state index in [1.54, 1.807) is 16.7 Å². The maximum Gasteiger partial charge on any atom is 0.328 e. The molecule has 0 aromatic carbocycles. The minimum Gasteiger partial charge on any atom is -0.478 e. The van der Waals surface area contributed by atoms with Crippen LogP contribution in [0, 0.1) is 0 Å². The van der Waals surface area contributed by atoms with Gasteiger partial charge in [-0.2, -0.15) is 11.8 Å². The number of carbonyl (C=O) groups is 1. The van der Waals surface area contributed by atoms with Crippen molar-refractivity contribution < 1.29 is 18.3 Å². The quantitative estimate of drug-likeness (QED) is 0.724. The van der Waals surface area contributed by atoms with Gasteiger partial charge in [0.15, 0.2) is 9.84 Å². The first-order valence-electron chi connectivity index (χ1n) is 4.81. The van der Waals surface area contributed by atoms with E-state index < -0.39 is 21.2 Å². The summed E-state index contributed by atoms with van der Waals surface area (Å²) >= 11 is 1.61. The van der Waals surface area contributed by atoms with E-state index in [1.807, 2.05) is 0 Å². The van der Waals surface area contributed by atoms with Gasteiger partial charge in [-0.15, -0.1) is 0 Å². The van der Waals surface area contributed by atoms with Crippen molar-refractivity contribution in [3.05, 3.63) is 12.2 Å². The van der Waals surface area contributed by atoms with Crippen LogP contribution < -0.4 is 0 Å². The number of carboxylic acid groups (broad SMARTS) is 1. The van der Waals surface area contributed by atoms with Gasteiger partial charge in [-0.05, 0) is 0 Å². The number of rotatable bonds is 4. The van der Waals surface area contributed by atoms with Gasteiger partial charge in [-0.1, -0.05) is 6.08 Å². The van der Waals surface area contributed by atoms with Crippen molar-refractivity contribution in [2.45, 2.75) is 5.37 Å². The molecule has 0 radical (unpaired) electrons. The highest BCUT2D eigenvalue weighted by Gasteiger charge is 2.29. The van der Waals surface area contributed by atoms with Gasteiger partial charge in [-0.3, -0.25) is 4.90 Å². The average molecular weight is 265 g/mol. The van der Waals surface area contributed by atoms with E-state index >= 15 is 0 Å². The number of aliphatic carboxylic acids is 1. The van der Waals surface area contributed by atoms with Crippen LogP contribution in [0.5, 0.6) is 0 Å². The Balaban J connectivity index is 2.65. The molecule has 1 unspecified atom stereocenters. The fourth-order valence-electron chi connectivity index (χ4n) is 1.51. The Morgan fingerprint density at radius 2 is 2.31 bits per heavy atom. The highest BCUT2D eigenvalue weighted by molar-refractivity contribution is 8.00. The fourth-order valence-corrected chi connectivity index (χ4v) is 4.46. The molecule has 0 spiro atoms. The Bertz CT molecular complexity index is 377. The zero-order chi connectivity index (χ0) is 12.2. The van der Waals surface area contributed by atoms with E-state index in [0.29, 0.717) is 18.8 Å². The molecule has 92 valence electrons. The van der Waals surface area contributed by atoms with Gasteiger partial charge in [0.2, 0.25) is 0 Å². The van der Waals surface area contributed by atoms with E-state index in [4.69, 9.17) is 5.11 Å². The van der Waals surface area contributed by atoms with Crippen LogP contribution in [0.3, 0.4) is 0 Å². The molecule has 1 heterocycles. The van der Waals surface area contributed by atoms with Crippen LogP contribution >= 0.6 is 11.8 Å². The summed E-state index contributed by atoms with van der Waals surface area (Å²) in [5.41, 5.74) is 0. The molecule has 0 aromatic heterocycles. The van der Waals surface area contributed by atoms with Crippen LogP contribution in [0.25, 0.3) is 0 Å². The van der Waals surface area contributed by atoms with Crippen molar-refractivity contribution in [3.8, 4) is 0 Å². The summed E-state index contributed by atoms with van der Waals surface area (Å²) in [6.45, 7) is 1.04. The Labute approximate surface area is 99.4 Å². The first-order valence-corrected chi connectivity index (χ1v) is 7.92. The molecule has 0 bridgehead atoms. The van der Waals surface area contributed by atoms with Crippen LogP contribution in [0.15, 0.2) is 12.2 Å². The van der Waals surface area contributed by atoms with Crippen molar-refractivity contribution >= 4 is 27.6 Å². The van der Waals surface area contributed by atoms with Crippen LogP contribution in [-0.2, 0) is 14.6 Å². The van der Waals surface area contributed by atoms with Crippen LogP contribution in [0.2, 0.25) is 0 Å². The number of nitrogens with zero attached hydrogens (tertiary/aromatic N) is 1. The Hall–Kier alpha value is -0.530. The van der Waals surface area contributed by atoms with Gasteiger partial charge in [0.25, 0.3) is 0 Å². The van der Waals surface area contributed by atoms with Crippen molar-refractivity contribution in [2.75, 3.05) is 30.9 Å². The van der Waals surface area contributed by atoms with Crippen molar-refractivity contribution in [1.82, 2.24) is 4.90 Å². The van der Waals surface area contributed by atoms with E-state index in [-0.39, 0.29) is 0 Å². The highest BCUT2D eigenvalue weighted by Crippen LogP contribution is 2.19. The summed E-state index contributed by atoms with van der Waals surface area (Å²) in [5.74, 6) is 0.425. The third-order valence-electron chi connectivity index (χ3n) is 2.29. The van der Waals surface area contributed by atoms with Crippen molar-refractivity contribution in [1.29, 1.82) is 0 Å². The predicted molar refractivity (Wildman–Crippen MR) is 64.3 cm³/mol. The zero-order valence-corrected chi connectivity index (χ0v) is 10.6. The molecule has 0 amide bonds. The Morgan fingerprint density at radius 3 is 2.88 bits per heavy atom. The second kappa shape index (κ2) is 5.70. The SMILES string of the molecule is CS(=O)(=O)C1CSCCN1C/C=C/C(=O)O. The molecule has 1 saturated heterocycles. The standard InChI is InChI=1S/C9H15NO4S2/c1-16(13,14)8-7-15-6-5-10(8)4-2-3-9(11)12/h2-3,8H,4-7H2,1H3,(H,11,12)/b3-2+. The third-order valence-corrected chi connectivity index (χ3v) is 4.97. The molecule has 1 fully saturated rings. The zero-order valence-electron chi connectivity index (χ0n) is 9.00. The molecular weight excluding hydrogens is 250 g/mol. The van der Waals surface area contributed by atoms with Crippen LogP contribution in [0.1, 0.15) is 0 Å². The second-order valence-corrected chi connectivity index (χ2v) is 6.95. The fraction of sp³-hybridized carbons (Fsp3) is 0.667. The van der Waals surface area contributed by atoms with E-state index in [2.05, 4.69) is 0 Å². The molecule has 1 aliphatic heterocycles. The summed E-state index contributed by atoms with van der Waals surface area (Å²) in [6.07, 6.45) is 3.75. The first kappa shape index (κ1) is 13.5. The monoisotopic (exact) mass is 265 g/mol. The number of sulfone groups is 1. The van der Waals surface area contributed by atoms with Gasteiger partial charge in [0.05, 0.1) is 0 Å². The highest BCUT2D eigenvalue weighted by atomic mass is 32.2. The molecule has 7 heteroatoms. The van der Waals surface area contributed by atoms with Crippen molar-refractivity contribution in [3.63, 3.8) is 0 Å². The Kier molecular flexibility index (Phi) is 4.82.